The van der Waals surface area contributed by atoms with Crippen molar-refractivity contribution < 1.29 is 28.2 Å². The molecule has 2 aromatic heterocycles. The van der Waals surface area contributed by atoms with Crippen molar-refractivity contribution in [2.24, 2.45) is 0 Å². The number of fused-ring (bicyclic) bond motifs is 1. The average molecular weight is 567 g/mol. The van der Waals surface area contributed by atoms with Gasteiger partial charge in [0.25, 0.3) is 11.8 Å². The molecule has 0 radical (unpaired) electrons. The Hall–Kier alpha value is -4.65. The van der Waals surface area contributed by atoms with Crippen molar-refractivity contribution in [2.75, 3.05) is 39.7 Å². The van der Waals surface area contributed by atoms with E-state index in [0.717, 1.165) is 5.01 Å². The summed E-state index contributed by atoms with van der Waals surface area (Å²) in [6.45, 7) is 1.04. The van der Waals surface area contributed by atoms with Crippen LogP contribution in [0.1, 0.15) is 44.6 Å². The minimum absolute atomic E-state index is 0.102. The molecular formula is C27H26N4O8S. The smallest absolute Gasteiger partial charge is 0.419 e. The molecule has 0 bridgehead atoms. The number of carbonyl (C=O) groups is 2. The van der Waals surface area contributed by atoms with Crippen LogP contribution in [0.5, 0.6) is 17.2 Å². The lowest BCUT2D eigenvalue weighted by molar-refractivity contribution is 0.0708. The van der Waals surface area contributed by atoms with Crippen molar-refractivity contribution in [2.45, 2.75) is 18.8 Å². The molecule has 4 aromatic rings. The van der Waals surface area contributed by atoms with Crippen LogP contribution >= 0.6 is 11.3 Å². The standard InChI is InChI=1S/C27H26N4O8S/c1-36-20-7-5-16(21(37-2)22(20)38-3)25(33)31-10-8-14(9-11-31)24-29-19(13-40-24)23(32)28-15-4-6-18-17(12-15)26(34)39-27(35)30-18/h4-7,12-14H,8-11H2,1-3H3,(H,28,32)(H,30,35). The second-order valence-electron chi connectivity index (χ2n) is 9.04. The number of aromatic amines is 1. The summed E-state index contributed by atoms with van der Waals surface area (Å²) in [6, 6.07) is 7.87. The highest BCUT2D eigenvalue weighted by Crippen LogP contribution is 2.41. The topological polar surface area (TPSA) is 153 Å². The first-order valence-electron chi connectivity index (χ1n) is 12.3. The Labute approximate surface area is 231 Å². The molecule has 40 heavy (non-hydrogen) atoms. The summed E-state index contributed by atoms with van der Waals surface area (Å²) in [5.41, 5.74) is 0.528. The molecule has 1 aliphatic rings. The number of likely N-dealkylation sites (tertiary alicyclic amines) is 1. The maximum atomic E-state index is 13.3. The fourth-order valence-corrected chi connectivity index (χ4v) is 5.69. The van der Waals surface area contributed by atoms with Crippen LogP contribution in [0.4, 0.5) is 5.69 Å². The molecule has 0 saturated carbocycles. The van der Waals surface area contributed by atoms with Gasteiger partial charge in [-0.1, -0.05) is 0 Å². The van der Waals surface area contributed by atoms with Gasteiger partial charge in [0.05, 0.1) is 42.8 Å². The Balaban J connectivity index is 1.24. The first kappa shape index (κ1) is 26.9. The Bertz CT molecular complexity index is 1700. The number of thiazole rings is 1. The first-order valence-corrected chi connectivity index (χ1v) is 13.2. The van der Waals surface area contributed by atoms with E-state index in [1.807, 2.05) is 0 Å². The molecule has 5 rings (SSSR count). The van der Waals surface area contributed by atoms with Crippen LogP contribution < -0.4 is 30.9 Å². The number of carbonyl (C=O) groups excluding carboxylic acids is 2. The van der Waals surface area contributed by atoms with Gasteiger partial charge in [-0.3, -0.25) is 14.6 Å². The van der Waals surface area contributed by atoms with E-state index >= 15 is 0 Å². The summed E-state index contributed by atoms with van der Waals surface area (Å²) in [4.78, 5) is 58.2. The van der Waals surface area contributed by atoms with Gasteiger partial charge in [0.15, 0.2) is 11.5 Å². The Morgan fingerprint density at radius 1 is 1.05 bits per heavy atom. The van der Waals surface area contributed by atoms with E-state index in [1.54, 1.807) is 28.5 Å². The van der Waals surface area contributed by atoms with Crippen LogP contribution in [-0.4, -0.2) is 61.1 Å². The molecule has 1 fully saturated rings. The maximum absolute atomic E-state index is 13.3. The van der Waals surface area contributed by atoms with E-state index in [4.69, 9.17) is 14.2 Å². The number of anilines is 1. The van der Waals surface area contributed by atoms with E-state index in [1.165, 1.54) is 44.8 Å². The first-order chi connectivity index (χ1) is 19.3. The normalized spacial score (nSPS) is 13.7. The van der Waals surface area contributed by atoms with E-state index in [-0.39, 0.29) is 22.9 Å². The third kappa shape index (κ3) is 5.15. The Morgan fingerprint density at radius 3 is 2.50 bits per heavy atom. The fourth-order valence-electron chi connectivity index (χ4n) is 4.72. The van der Waals surface area contributed by atoms with Crippen LogP contribution in [0.25, 0.3) is 10.9 Å². The van der Waals surface area contributed by atoms with Gasteiger partial charge in [-0.05, 0) is 43.2 Å². The molecule has 2 amide bonds. The zero-order valence-electron chi connectivity index (χ0n) is 21.9. The quantitative estimate of drug-likeness (QED) is 0.343. The van der Waals surface area contributed by atoms with Crippen LogP contribution in [0.3, 0.4) is 0 Å². The molecule has 0 atom stereocenters. The number of benzene rings is 2. The van der Waals surface area contributed by atoms with Crippen molar-refractivity contribution in [3.05, 3.63) is 72.9 Å². The molecule has 0 aliphatic carbocycles. The number of methoxy groups -OCH3 is 3. The lowest BCUT2D eigenvalue weighted by Crippen LogP contribution is -2.38. The van der Waals surface area contributed by atoms with E-state index in [2.05, 4.69) is 19.7 Å². The Morgan fingerprint density at radius 2 is 1.80 bits per heavy atom. The van der Waals surface area contributed by atoms with Crippen LogP contribution in [0.2, 0.25) is 0 Å². The van der Waals surface area contributed by atoms with Gasteiger partial charge in [-0.15, -0.1) is 11.3 Å². The third-order valence-electron chi connectivity index (χ3n) is 6.74. The summed E-state index contributed by atoms with van der Waals surface area (Å²) in [7, 11) is 4.49. The van der Waals surface area contributed by atoms with Crippen LogP contribution in [0.15, 0.2) is 49.7 Å². The van der Waals surface area contributed by atoms with Gasteiger partial charge < -0.3 is 28.8 Å². The molecule has 13 heteroatoms. The molecule has 2 N–H and O–H groups in total. The van der Waals surface area contributed by atoms with Crippen molar-refractivity contribution in [3.8, 4) is 17.2 Å². The molecular weight excluding hydrogens is 540 g/mol. The second kappa shape index (κ2) is 11.2. The summed E-state index contributed by atoms with van der Waals surface area (Å²) in [6.07, 6.45) is 1.38. The maximum Gasteiger partial charge on any atom is 0.419 e. The minimum atomic E-state index is -0.847. The van der Waals surface area contributed by atoms with Crippen molar-refractivity contribution >= 4 is 39.7 Å². The van der Waals surface area contributed by atoms with E-state index in [0.29, 0.717) is 59.9 Å². The van der Waals surface area contributed by atoms with Gasteiger partial charge >= 0.3 is 11.4 Å². The lowest BCUT2D eigenvalue weighted by atomic mass is 9.97. The second-order valence-corrected chi connectivity index (χ2v) is 9.93. The van der Waals surface area contributed by atoms with Gasteiger partial charge in [-0.2, -0.15) is 0 Å². The molecule has 12 nitrogen and oxygen atoms in total. The summed E-state index contributed by atoms with van der Waals surface area (Å²) < 4.78 is 20.7. The fraction of sp³-hybridized carbons (Fsp3) is 0.296. The SMILES string of the molecule is COc1ccc(C(=O)N2CCC(c3nc(C(=O)Nc4ccc5[nH]c(=O)oc(=O)c5c4)cs3)CC2)c(OC)c1OC. The highest BCUT2D eigenvalue weighted by Gasteiger charge is 2.30. The highest BCUT2D eigenvalue weighted by atomic mass is 32.1. The van der Waals surface area contributed by atoms with Crippen molar-refractivity contribution in [1.29, 1.82) is 0 Å². The summed E-state index contributed by atoms with van der Waals surface area (Å²) in [5.74, 6) is -0.176. The Kier molecular flexibility index (Phi) is 7.56. The number of nitrogens with one attached hydrogen (secondary N) is 2. The number of aromatic nitrogens is 2. The number of piperidine rings is 1. The molecule has 0 spiro atoms. The molecule has 0 unspecified atom stereocenters. The lowest BCUT2D eigenvalue weighted by Gasteiger charge is -2.31. The van der Waals surface area contributed by atoms with Gasteiger partial charge in [-0.25, -0.2) is 14.6 Å². The van der Waals surface area contributed by atoms with Gasteiger partial charge in [0, 0.05) is 30.1 Å². The number of amides is 2. The van der Waals surface area contributed by atoms with E-state index < -0.39 is 17.3 Å². The molecule has 2 aromatic carbocycles. The van der Waals surface area contributed by atoms with Gasteiger partial charge in [0.1, 0.15) is 5.69 Å². The number of H-pyrrole nitrogens is 1. The molecule has 3 heterocycles. The number of nitrogens with zero attached hydrogens (tertiary/aromatic N) is 2. The number of ether oxygens (including phenoxy) is 3. The number of hydrogen-bond donors (Lipinski definition) is 2. The number of rotatable bonds is 7. The van der Waals surface area contributed by atoms with Crippen LogP contribution in [-0.2, 0) is 0 Å². The van der Waals surface area contributed by atoms with E-state index in [9.17, 15) is 19.2 Å². The van der Waals surface area contributed by atoms with Crippen molar-refractivity contribution in [1.82, 2.24) is 14.9 Å². The number of hydrogen-bond acceptors (Lipinski definition) is 10. The average Bonchev–Trinajstić information content (AvgIpc) is 3.47. The monoisotopic (exact) mass is 566 g/mol. The molecule has 1 saturated heterocycles. The minimum Gasteiger partial charge on any atom is -0.493 e. The zero-order chi connectivity index (χ0) is 28.4. The highest BCUT2D eigenvalue weighted by molar-refractivity contribution is 7.10. The predicted octanol–water partition coefficient (Wildman–Crippen LogP) is 3.24. The van der Waals surface area contributed by atoms with Crippen molar-refractivity contribution in [3.63, 3.8) is 0 Å². The molecule has 1 aliphatic heterocycles. The van der Waals surface area contributed by atoms with Gasteiger partial charge in [0.2, 0.25) is 5.75 Å². The summed E-state index contributed by atoms with van der Waals surface area (Å²) in [5, 5.41) is 5.37. The van der Waals surface area contributed by atoms with Crippen LogP contribution in [0, 0.1) is 0 Å². The largest absolute Gasteiger partial charge is 0.493 e. The third-order valence-corrected chi connectivity index (χ3v) is 7.75. The molecule has 208 valence electrons. The summed E-state index contributed by atoms with van der Waals surface area (Å²) >= 11 is 1.39. The predicted molar refractivity (Wildman–Crippen MR) is 147 cm³/mol. The zero-order valence-corrected chi connectivity index (χ0v) is 22.8.